The van der Waals surface area contributed by atoms with Crippen molar-refractivity contribution in [2.45, 2.75) is 45.6 Å². The third-order valence-corrected chi connectivity index (χ3v) is 3.02. The van der Waals surface area contributed by atoms with E-state index in [4.69, 9.17) is 16.3 Å². The SMILES string of the molecule is CCC(C)N(CCOC)C(=O)CCCCCl. The Labute approximate surface area is 104 Å². The van der Waals surface area contributed by atoms with Crippen molar-refractivity contribution in [2.24, 2.45) is 0 Å². The third-order valence-electron chi connectivity index (χ3n) is 2.75. The molecule has 0 rings (SSSR count). The predicted molar refractivity (Wildman–Crippen MR) is 67.9 cm³/mol. The van der Waals surface area contributed by atoms with E-state index in [2.05, 4.69) is 13.8 Å². The van der Waals surface area contributed by atoms with Gasteiger partial charge >= 0.3 is 0 Å². The fraction of sp³-hybridized carbons (Fsp3) is 0.917. The van der Waals surface area contributed by atoms with Gasteiger partial charge in [-0.05, 0) is 26.2 Å². The zero-order valence-electron chi connectivity index (χ0n) is 10.7. The van der Waals surface area contributed by atoms with Gasteiger partial charge in [0.25, 0.3) is 0 Å². The van der Waals surface area contributed by atoms with Crippen molar-refractivity contribution in [1.82, 2.24) is 4.90 Å². The predicted octanol–water partition coefficient (Wildman–Crippen LogP) is 2.67. The molecule has 16 heavy (non-hydrogen) atoms. The number of alkyl halides is 1. The van der Waals surface area contributed by atoms with E-state index in [9.17, 15) is 4.79 Å². The molecule has 0 aliphatic heterocycles. The van der Waals surface area contributed by atoms with Crippen molar-refractivity contribution >= 4 is 17.5 Å². The van der Waals surface area contributed by atoms with Crippen LogP contribution in [-0.2, 0) is 9.53 Å². The summed E-state index contributed by atoms with van der Waals surface area (Å²) >= 11 is 5.59. The molecule has 0 aromatic carbocycles. The topological polar surface area (TPSA) is 29.5 Å². The van der Waals surface area contributed by atoms with Crippen molar-refractivity contribution in [3.8, 4) is 0 Å². The molecule has 96 valence electrons. The van der Waals surface area contributed by atoms with Crippen LogP contribution in [0.2, 0.25) is 0 Å². The number of halogens is 1. The average Bonchev–Trinajstić information content (AvgIpc) is 2.29. The van der Waals surface area contributed by atoms with Gasteiger partial charge in [-0.1, -0.05) is 6.92 Å². The number of ether oxygens (including phenoxy) is 1. The number of hydrogen-bond acceptors (Lipinski definition) is 2. The first-order valence-electron chi connectivity index (χ1n) is 6.01. The molecule has 4 heteroatoms. The van der Waals surface area contributed by atoms with E-state index in [0.29, 0.717) is 31.5 Å². The summed E-state index contributed by atoms with van der Waals surface area (Å²) in [6.45, 7) is 5.46. The summed E-state index contributed by atoms with van der Waals surface area (Å²) in [6, 6.07) is 0.290. The van der Waals surface area contributed by atoms with E-state index in [0.717, 1.165) is 19.3 Å². The van der Waals surface area contributed by atoms with Gasteiger partial charge in [-0.3, -0.25) is 4.79 Å². The first kappa shape index (κ1) is 15.7. The molecule has 1 unspecified atom stereocenters. The van der Waals surface area contributed by atoms with Crippen LogP contribution in [0, 0.1) is 0 Å². The van der Waals surface area contributed by atoms with Crippen LogP contribution in [0.25, 0.3) is 0 Å². The maximum atomic E-state index is 12.0. The van der Waals surface area contributed by atoms with Crippen molar-refractivity contribution in [2.75, 3.05) is 26.1 Å². The second kappa shape index (κ2) is 9.91. The Morgan fingerprint density at radius 2 is 2.12 bits per heavy atom. The maximum Gasteiger partial charge on any atom is 0.222 e. The highest BCUT2D eigenvalue weighted by Crippen LogP contribution is 2.08. The Balaban J connectivity index is 4.09. The molecule has 0 spiro atoms. The van der Waals surface area contributed by atoms with Crippen LogP contribution < -0.4 is 0 Å². The normalized spacial score (nSPS) is 12.5. The summed E-state index contributed by atoms with van der Waals surface area (Å²) in [5.41, 5.74) is 0. The molecule has 0 aromatic heterocycles. The molecule has 0 radical (unpaired) electrons. The van der Waals surface area contributed by atoms with Crippen molar-refractivity contribution in [1.29, 1.82) is 0 Å². The molecular formula is C12H24ClNO2. The molecule has 3 nitrogen and oxygen atoms in total. The summed E-state index contributed by atoms with van der Waals surface area (Å²) in [5.74, 6) is 0.853. The highest BCUT2D eigenvalue weighted by Gasteiger charge is 2.17. The Kier molecular flexibility index (Phi) is 9.74. The van der Waals surface area contributed by atoms with Gasteiger partial charge in [-0.2, -0.15) is 0 Å². The number of amides is 1. The lowest BCUT2D eigenvalue weighted by Crippen LogP contribution is -2.40. The summed E-state index contributed by atoms with van der Waals surface area (Å²) in [6.07, 6.45) is 3.36. The minimum absolute atomic E-state index is 0.219. The molecule has 0 bridgehead atoms. The van der Waals surface area contributed by atoms with Crippen molar-refractivity contribution in [3.05, 3.63) is 0 Å². The molecule has 0 saturated carbocycles. The van der Waals surface area contributed by atoms with E-state index in [1.54, 1.807) is 7.11 Å². The first-order chi connectivity index (χ1) is 7.67. The van der Waals surface area contributed by atoms with Crippen LogP contribution in [0.3, 0.4) is 0 Å². The number of nitrogens with zero attached hydrogens (tertiary/aromatic N) is 1. The highest BCUT2D eigenvalue weighted by atomic mass is 35.5. The maximum absolute atomic E-state index is 12.0. The molecule has 0 aliphatic carbocycles. The van der Waals surface area contributed by atoms with Crippen LogP contribution in [0.4, 0.5) is 0 Å². The van der Waals surface area contributed by atoms with Crippen molar-refractivity contribution < 1.29 is 9.53 Å². The van der Waals surface area contributed by atoms with Crippen LogP contribution in [0.5, 0.6) is 0 Å². The molecule has 1 atom stereocenters. The van der Waals surface area contributed by atoms with Gasteiger partial charge in [0, 0.05) is 32.0 Å². The van der Waals surface area contributed by atoms with E-state index in [1.165, 1.54) is 0 Å². The van der Waals surface area contributed by atoms with Crippen LogP contribution >= 0.6 is 11.6 Å². The van der Waals surface area contributed by atoms with Crippen LogP contribution in [0.15, 0.2) is 0 Å². The third kappa shape index (κ3) is 6.33. The quantitative estimate of drug-likeness (QED) is 0.465. The Morgan fingerprint density at radius 1 is 1.44 bits per heavy atom. The Morgan fingerprint density at radius 3 is 2.62 bits per heavy atom. The molecular weight excluding hydrogens is 226 g/mol. The average molecular weight is 250 g/mol. The van der Waals surface area contributed by atoms with Gasteiger partial charge in [0.05, 0.1) is 6.61 Å². The number of carbonyl (C=O) groups excluding carboxylic acids is 1. The molecule has 0 saturated heterocycles. The standard InChI is InChI=1S/C12H24ClNO2/c1-4-11(2)14(9-10-16-3)12(15)7-5-6-8-13/h11H,4-10H2,1-3H3. The van der Waals surface area contributed by atoms with Gasteiger partial charge in [-0.15, -0.1) is 11.6 Å². The van der Waals surface area contributed by atoms with Gasteiger partial charge in [0.15, 0.2) is 0 Å². The summed E-state index contributed by atoms with van der Waals surface area (Å²) in [4.78, 5) is 13.9. The van der Waals surface area contributed by atoms with Gasteiger partial charge in [-0.25, -0.2) is 0 Å². The zero-order chi connectivity index (χ0) is 12.4. The Hall–Kier alpha value is -0.280. The molecule has 0 fully saturated rings. The van der Waals surface area contributed by atoms with E-state index < -0.39 is 0 Å². The molecule has 0 N–H and O–H groups in total. The number of carbonyl (C=O) groups is 1. The van der Waals surface area contributed by atoms with E-state index >= 15 is 0 Å². The second-order valence-corrected chi connectivity index (χ2v) is 4.36. The number of methoxy groups -OCH3 is 1. The monoisotopic (exact) mass is 249 g/mol. The second-order valence-electron chi connectivity index (χ2n) is 3.98. The lowest BCUT2D eigenvalue weighted by atomic mass is 10.1. The van der Waals surface area contributed by atoms with Crippen LogP contribution in [-0.4, -0.2) is 43.0 Å². The number of unbranched alkanes of at least 4 members (excludes halogenated alkanes) is 1. The smallest absolute Gasteiger partial charge is 0.222 e. The van der Waals surface area contributed by atoms with E-state index in [-0.39, 0.29) is 5.91 Å². The fourth-order valence-corrected chi connectivity index (χ4v) is 1.70. The highest BCUT2D eigenvalue weighted by molar-refractivity contribution is 6.17. The number of rotatable bonds is 9. The van der Waals surface area contributed by atoms with Crippen molar-refractivity contribution in [3.63, 3.8) is 0 Å². The zero-order valence-corrected chi connectivity index (χ0v) is 11.4. The van der Waals surface area contributed by atoms with Gasteiger partial charge < -0.3 is 9.64 Å². The largest absolute Gasteiger partial charge is 0.383 e. The van der Waals surface area contributed by atoms with Gasteiger partial charge in [0.1, 0.15) is 0 Å². The first-order valence-corrected chi connectivity index (χ1v) is 6.55. The molecule has 0 heterocycles. The molecule has 1 amide bonds. The molecule has 0 aromatic rings. The lowest BCUT2D eigenvalue weighted by molar-refractivity contribution is -0.134. The summed E-state index contributed by atoms with van der Waals surface area (Å²) in [7, 11) is 1.66. The summed E-state index contributed by atoms with van der Waals surface area (Å²) < 4.78 is 5.03. The van der Waals surface area contributed by atoms with Crippen LogP contribution in [0.1, 0.15) is 39.5 Å². The minimum atomic E-state index is 0.219. The Bertz CT molecular complexity index is 188. The summed E-state index contributed by atoms with van der Waals surface area (Å²) in [5, 5.41) is 0. The van der Waals surface area contributed by atoms with Gasteiger partial charge in [0.2, 0.25) is 5.91 Å². The lowest BCUT2D eigenvalue weighted by Gasteiger charge is -2.28. The fourth-order valence-electron chi connectivity index (χ4n) is 1.52. The van der Waals surface area contributed by atoms with E-state index in [1.807, 2.05) is 4.90 Å². The molecule has 0 aliphatic rings. The number of hydrogen-bond donors (Lipinski definition) is 0. The minimum Gasteiger partial charge on any atom is -0.383 e.